The molecule has 0 saturated heterocycles. The molecule has 4 aromatic carbocycles. The summed E-state index contributed by atoms with van der Waals surface area (Å²) in [5, 5.41) is 12.7. The molecule has 7 rings (SSSR count). The van der Waals surface area contributed by atoms with E-state index >= 15 is 0 Å². The molecule has 3 heterocycles. The molecule has 1 aliphatic rings. The van der Waals surface area contributed by atoms with Crippen molar-refractivity contribution >= 4 is 83.6 Å². The number of nitrogens with zero attached hydrogens (tertiary/aromatic N) is 5. The van der Waals surface area contributed by atoms with Crippen molar-refractivity contribution in [2.24, 2.45) is 0 Å². The first-order valence-electron chi connectivity index (χ1n) is 18.3. The van der Waals surface area contributed by atoms with Crippen LogP contribution in [0.25, 0.3) is 0 Å². The average molecular weight is 869 g/mol. The highest BCUT2D eigenvalue weighted by Crippen LogP contribution is 2.33. The van der Waals surface area contributed by atoms with E-state index in [4.69, 9.17) is 46.4 Å². The molecule has 15 heteroatoms. The van der Waals surface area contributed by atoms with Crippen molar-refractivity contribution in [1.82, 2.24) is 19.6 Å². The first-order chi connectivity index (χ1) is 27.3. The number of fused-ring (bicyclic) bond motifs is 1. The average Bonchev–Trinajstić information content (AvgIpc) is 3.67. The van der Waals surface area contributed by atoms with Gasteiger partial charge in [-0.15, -0.1) is 17.4 Å². The monoisotopic (exact) mass is 866 g/mol. The number of halogens is 6. The minimum absolute atomic E-state index is 0.0197. The van der Waals surface area contributed by atoms with Crippen LogP contribution in [0.5, 0.6) is 0 Å². The summed E-state index contributed by atoms with van der Waals surface area (Å²) in [4.78, 5) is 26.2. The zero-order chi connectivity index (χ0) is 41.2. The van der Waals surface area contributed by atoms with Crippen molar-refractivity contribution in [3.05, 3.63) is 163 Å². The minimum atomic E-state index is -0.610. The van der Waals surface area contributed by atoms with E-state index in [0.717, 1.165) is 11.1 Å². The molecule has 1 amide bonds. The number of Topliss-reactive ketones (excluding diaryl/α,β-unsaturated/α-hetero) is 1. The second-order valence-electron chi connectivity index (χ2n) is 13.9. The molecule has 0 atom stereocenters. The fourth-order valence-electron chi connectivity index (χ4n) is 5.92. The van der Waals surface area contributed by atoms with Crippen LogP contribution in [0, 0.1) is 11.6 Å². The molecule has 1 N–H and O–H groups in total. The fourth-order valence-corrected chi connectivity index (χ4v) is 6.83. The van der Waals surface area contributed by atoms with Crippen LogP contribution in [-0.4, -0.2) is 58.5 Å². The Morgan fingerprint density at radius 1 is 0.754 bits per heavy atom. The molecule has 0 aliphatic carbocycles. The van der Waals surface area contributed by atoms with E-state index in [2.05, 4.69) is 32.9 Å². The van der Waals surface area contributed by atoms with Crippen molar-refractivity contribution in [3.8, 4) is 0 Å². The van der Waals surface area contributed by atoms with E-state index in [9.17, 15) is 18.4 Å². The Morgan fingerprint density at radius 2 is 1.30 bits per heavy atom. The summed E-state index contributed by atoms with van der Waals surface area (Å²) in [5.74, 6) is 5.27. The fraction of sp³-hybridized carbons (Fsp3) is 0.238. The number of hydrogen-bond donors (Lipinski definition) is 1. The molecule has 0 unspecified atom stereocenters. The Kier molecular flexibility index (Phi) is 15.8. The quantitative estimate of drug-likeness (QED) is 0.109. The third-order valence-corrected chi connectivity index (χ3v) is 9.98. The number of carbonyl (C=O) groups excluding carboxylic acids is 2. The van der Waals surface area contributed by atoms with Gasteiger partial charge in [-0.2, -0.15) is 10.2 Å². The Morgan fingerprint density at radius 3 is 1.88 bits per heavy atom. The predicted molar refractivity (Wildman–Crippen MR) is 229 cm³/mol. The van der Waals surface area contributed by atoms with Crippen molar-refractivity contribution < 1.29 is 18.4 Å². The normalized spacial score (nSPS) is 11.9. The number of rotatable bonds is 10. The van der Waals surface area contributed by atoms with Gasteiger partial charge in [0, 0.05) is 31.1 Å². The van der Waals surface area contributed by atoms with Gasteiger partial charge in [0.05, 0.1) is 34.5 Å². The van der Waals surface area contributed by atoms with Gasteiger partial charge >= 0.3 is 0 Å². The van der Waals surface area contributed by atoms with Crippen molar-refractivity contribution in [2.75, 3.05) is 23.3 Å². The predicted octanol–water partition coefficient (Wildman–Crippen LogP) is 11.2. The smallest absolute Gasteiger partial charge is 0.279 e. The summed E-state index contributed by atoms with van der Waals surface area (Å²) < 4.78 is 31.5. The van der Waals surface area contributed by atoms with Gasteiger partial charge < -0.3 is 10.2 Å². The molecule has 0 radical (unpaired) electrons. The summed E-state index contributed by atoms with van der Waals surface area (Å²) in [6.07, 6.45) is 0.926. The van der Waals surface area contributed by atoms with Crippen molar-refractivity contribution in [2.45, 2.75) is 50.2 Å². The molecule has 0 fully saturated rings. The van der Waals surface area contributed by atoms with Gasteiger partial charge in [-0.25, -0.2) is 18.1 Å². The highest BCUT2D eigenvalue weighted by molar-refractivity contribution is 6.54. The number of ketones is 1. The number of carbonyl (C=O) groups is 2. The second kappa shape index (κ2) is 20.5. The third-order valence-electron chi connectivity index (χ3n) is 8.55. The Labute approximate surface area is 355 Å². The van der Waals surface area contributed by atoms with Crippen LogP contribution in [-0.2, 0) is 25.9 Å². The van der Waals surface area contributed by atoms with E-state index in [1.807, 2.05) is 60.7 Å². The first kappa shape index (κ1) is 43.9. The number of amides is 1. The van der Waals surface area contributed by atoms with E-state index in [1.54, 1.807) is 27.6 Å². The molecule has 1 aliphatic heterocycles. The summed E-state index contributed by atoms with van der Waals surface area (Å²) in [6, 6.07) is 28.8. The lowest BCUT2D eigenvalue weighted by Crippen LogP contribution is -2.38. The number of anilines is 2. The molecule has 8 nitrogen and oxygen atoms in total. The standard InChI is InChI=1S/C20H18Cl2FN3O.C19H14Cl2FN3O.3CH3.Al/c1-13(27)19-15(10-11-24-17-9-5-8-16(21)18(17)23)20(22)26(25-19)12-14-6-3-2-4-7-14;20-14-7-4-8-15(16(14)22)24-10-9-13-17(19(24)26)23-25(18(13)21)11-12-5-2-1-3-6-12;;;;/h2-9,24H,10-12H2,1H3;1-8H,9-11H2;3*1H3;. The zero-order valence-corrected chi connectivity index (χ0v) is 36.1. The molecule has 0 saturated carbocycles. The van der Waals surface area contributed by atoms with Gasteiger partial charge in [-0.3, -0.25) is 9.59 Å². The third kappa shape index (κ3) is 11.3. The van der Waals surface area contributed by atoms with Crippen LogP contribution < -0.4 is 10.2 Å². The summed E-state index contributed by atoms with van der Waals surface area (Å²) in [7, 11) is 0. The molecule has 2 aromatic heterocycles. The number of nitrogens with one attached hydrogen (secondary N) is 1. The van der Waals surface area contributed by atoms with Gasteiger partial charge in [0.25, 0.3) is 20.1 Å². The second-order valence-corrected chi connectivity index (χ2v) is 18.9. The topological polar surface area (TPSA) is 85.0 Å². The van der Waals surface area contributed by atoms with Gasteiger partial charge in [0.1, 0.15) is 16.0 Å². The van der Waals surface area contributed by atoms with Crippen LogP contribution in [0.1, 0.15) is 50.2 Å². The van der Waals surface area contributed by atoms with Crippen molar-refractivity contribution in [1.29, 1.82) is 0 Å². The number of hydrogen-bond acceptors (Lipinski definition) is 5. The minimum Gasteiger partial charge on any atom is -0.382 e. The molecule has 0 spiro atoms. The largest absolute Gasteiger partial charge is 0.382 e. The van der Waals surface area contributed by atoms with E-state index < -0.39 is 11.6 Å². The zero-order valence-electron chi connectivity index (χ0n) is 31.9. The first-order valence-corrected chi connectivity index (χ1v) is 23.3. The van der Waals surface area contributed by atoms with Crippen molar-refractivity contribution in [3.63, 3.8) is 0 Å². The van der Waals surface area contributed by atoms with Gasteiger partial charge in [0.15, 0.2) is 23.1 Å². The van der Waals surface area contributed by atoms with Gasteiger partial charge in [-0.05, 0) is 48.2 Å². The maximum absolute atomic E-state index is 14.3. The van der Waals surface area contributed by atoms with E-state index in [-0.39, 0.29) is 47.3 Å². The summed E-state index contributed by atoms with van der Waals surface area (Å²) in [6.45, 7) is 3.09. The van der Waals surface area contributed by atoms with Gasteiger partial charge in [-0.1, -0.05) is 119 Å². The summed E-state index contributed by atoms with van der Waals surface area (Å²) in [5.41, 5.74) is 4.46. The molecule has 0 bridgehead atoms. The van der Waals surface area contributed by atoms with Crippen LogP contribution in [0.3, 0.4) is 0 Å². The summed E-state index contributed by atoms with van der Waals surface area (Å²) >= 11 is 24.4. The van der Waals surface area contributed by atoms with E-state index in [0.29, 0.717) is 71.8 Å². The maximum atomic E-state index is 14.3. The molecule has 57 heavy (non-hydrogen) atoms. The van der Waals surface area contributed by atoms with Gasteiger partial charge in [0.2, 0.25) is 0 Å². The lowest BCUT2D eigenvalue weighted by molar-refractivity contribution is 0.0972. The van der Waals surface area contributed by atoms with Crippen LogP contribution >= 0.6 is 46.4 Å². The molecular formula is C42H41AlCl4F2N6O2. The lowest BCUT2D eigenvalue weighted by atomic mass is 10.1. The molecule has 296 valence electrons. The Balaban J connectivity index is 0.000000199. The highest BCUT2D eigenvalue weighted by Gasteiger charge is 2.33. The van der Waals surface area contributed by atoms with Crippen LogP contribution in [0.4, 0.5) is 20.2 Å². The maximum Gasteiger partial charge on any atom is 0.279 e. The Bertz CT molecular complexity index is 2320. The lowest BCUT2D eigenvalue weighted by Gasteiger charge is -2.26. The number of aromatic nitrogens is 4. The number of benzene rings is 4. The SMILES string of the molecule is CC(=O)c1nn(Cc2ccccc2)c(Cl)c1CCNc1cccc(Cl)c1F.O=C1c2nn(Cc3ccccc3)c(Cl)c2CCN1c1cccc(Cl)c1F.[CH3][Al]([CH3])[CH3]. The van der Waals surface area contributed by atoms with Crippen LogP contribution in [0.15, 0.2) is 97.1 Å². The highest BCUT2D eigenvalue weighted by atomic mass is 35.5. The van der Waals surface area contributed by atoms with Crippen LogP contribution in [0.2, 0.25) is 37.7 Å². The van der Waals surface area contributed by atoms with E-state index in [1.165, 1.54) is 30.0 Å². The molecule has 6 aromatic rings. The molecular weight excluding hydrogens is 827 g/mol. The Hall–Kier alpha value is -4.21.